The number of carbonyl (C=O) groups excluding carboxylic acids is 1. The highest BCUT2D eigenvalue weighted by atomic mass is 35.5. The molecule has 2 aromatic carbocycles. The molecule has 120 valence electrons. The molecular formula is C16H15ClN2O4. The van der Waals surface area contributed by atoms with Gasteiger partial charge in [0.05, 0.1) is 18.3 Å². The Kier molecular flexibility index (Phi) is 5.82. The lowest BCUT2D eigenvalue weighted by molar-refractivity contribution is -0.123. The molecule has 0 bridgehead atoms. The van der Waals surface area contributed by atoms with E-state index in [1.165, 1.54) is 25.5 Å². The Morgan fingerprint density at radius 1 is 1.35 bits per heavy atom. The average molecular weight is 335 g/mol. The van der Waals surface area contributed by atoms with Gasteiger partial charge in [-0.1, -0.05) is 29.8 Å². The minimum Gasteiger partial charge on any atom is -0.503 e. The highest BCUT2D eigenvalue weighted by Crippen LogP contribution is 2.34. The molecule has 6 nitrogen and oxygen atoms in total. The lowest BCUT2D eigenvalue weighted by Crippen LogP contribution is -2.24. The normalized spacial score (nSPS) is 10.5. The first-order chi connectivity index (χ1) is 11.1. The van der Waals surface area contributed by atoms with Crippen LogP contribution < -0.4 is 14.9 Å². The number of hydrogen-bond acceptors (Lipinski definition) is 5. The summed E-state index contributed by atoms with van der Waals surface area (Å²) < 4.78 is 10.3. The molecule has 0 unspecified atom stereocenters. The molecule has 1 amide bonds. The zero-order chi connectivity index (χ0) is 16.7. The van der Waals surface area contributed by atoms with Crippen LogP contribution in [0, 0.1) is 0 Å². The lowest BCUT2D eigenvalue weighted by Gasteiger charge is -2.06. The summed E-state index contributed by atoms with van der Waals surface area (Å²) in [5, 5.41) is 13.6. The number of ether oxygens (including phenoxy) is 2. The van der Waals surface area contributed by atoms with Crippen LogP contribution in [0.4, 0.5) is 0 Å². The number of hydrogen-bond donors (Lipinski definition) is 2. The molecule has 0 heterocycles. The average Bonchev–Trinajstić information content (AvgIpc) is 2.57. The number of hydrazone groups is 1. The Balaban J connectivity index is 1.89. The van der Waals surface area contributed by atoms with Gasteiger partial charge < -0.3 is 14.6 Å². The van der Waals surface area contributed by atoms with Crippen molar-refractivity contribution in [2.45, 2.75) is 0 Å². The first-order valence-corrected chi connectivity index (χ1v) is 7.04. The van der Waals surface area contributed by atoms with Crippen LogP contribution in [0.1, 0.15) is 5.56 Å². The Labute approximate surface area is 138 Å². The summed E-state index contributed by atoms with van der Waals surface area (Å²) in [6.45, 7) is -0.152. The highest BCUT2D eigenvalue weighted by molar-refractivity contribution is 6.32. The van der Waals surface area contributed by atoms with Crippen molar-refractivity contribution in [1.29, 1.82) is 0 Å². The van der Waals surface area contributed by atoms with Gasteiger partial charge in [0.2, 0.25) is 0 Å². The number of aromatic hydroxyl groups is 1. The number of phenols is 1. The predicted molar refractivity (Wildman–Crippen MR) is 87.3 cm³/mol. The summed E-state index contributed by atoms with van der Waals surface area (Å²) in [4.78, 5) is 11.6. The molecule has 0 aliphatic heterocycles. The minimum atomic E-state index is -0.401. The van der Waals surface area contributed by atoms with Gasteiger partial charge in [-0.25, -0.2) is 5.43 Å². The summed E-state index contributed by atoms with van der Waals surface area (Å²) in [5.41, 5.74) is 2.90. The molecule has 23 heavy (non-hydrogen) atoms. The largest absolute Gasteiger partial charge is 0.503 e. The number of nitrogens with zero attached hydrogens (tertiary/aromatic N) is 1. The van der Waals surface area contributed by atoms with Gasteiger partial charge in [0.15, 0.2) is 18.1 Å². The fourth-order valence-electron chi connectivity index (χ4n) is 1.70. The SMILES string of the molecule is COc1cc(/C=N\NC(=O)COc2ccccc2)cc(Cl)c1O. The quantitative estimate of drug-likeness (QED) is 0.628. The van der Waals surface area contributed by atoms with E-state index in [1.807, 2.05) is 18.2 Å². The zero-order valence-electron chi connectivity index (χ0n) is 12.3. The topological polar surface area (TPSA) is 80.2 Å². The number of methoxy groups -OCH3 is 1. The second-order valence-corrected chi connectivity index (χ2v) is 4.86. The van der Waals surface area contributed by atoms with E-state index in [9.17, 15) is 9.90 Å². The van der Waals surface area contributed by atoms with Crippen molar-refractivity contribution in [1.82, 2.24) is 5.43 Å². The molecule has 2 aromatic rings. The van der Waals surface area contributed by atoms with Crippen molar-refractivity contribution in [3.05, 3.63) is 53.1 Å². The van der Waals surface area contributed by atoms with Gasteiger partial charge in [0, 0.05) is 0 Å². The van der Waals surface area contributed by atoms with Crippen LogP contribution in [-0.2, 0) is 4.79 Å². The molecular weight excluding hydrogens is 320 g/mol. The molecule has 0 aromatic heterocycles. The fraction of sp³-hybridized carbons (Fsp3) is 0.125. The maximum Gasteiger partial charge on any atom is 0.277 e. The monoisotopic (exact) mass is 334 g/mol. The molecule has 0 spiro atoms. The summed E-state index contributed by atoms with van der Waals surface area (Å²) in [6, 6.07) is 12.0. The van der Waals surface area contributed by atoms with Gasteiger partial charge in [-0.15, -0.1) is 0 Å². The molecule has 0 aliphatic carbocycles. The van der Waals surface area contributed by atoms with E-state index in [0.717, 1.165) is 0 Å². The van der Waals surface area contributed by atoms with E-state index < -0.39 is 5.91 Å². The number of phenolic OH excluding ortho intramolecular Hbond substituents is 1. The van der Waals surface area contributed by atoms with Crippen LogP contribution in [0.3, 0.4) is 0 Å². The van der Waals surface area contributed by atoms with E-state index in [1.54, 1.807) is 12.1 Å². The molecule has 2 N–H and O–H groups in total. The van der Waals surface area contributed by atoms with Gasteiger partial charge in [-0.05, 0) is 29.8 Å². The fourth-order valence-corrected chi connectivity index (χ4v) is 1.92. The van der Waals surface area contributed by atoms with Gasteiger partial charge in [-0.3, -0.25) is 4.79 Å². The van der Waals surface area contributed by atoms with E-state index in [4.69, 9.17) is 21.1 Å². The number of nitrogens with one attached hydrogen (secondary N) is 1. The third-order valence-electron chi connectivity index (χ3n) is 2.79. The Bertz CT molecular complexity index is 705. The number of benzene rings is 2. The molecule has 7 heteroatoms. The number of rotatable bonds is 6. The maximum atomic E-state index is 11.6. The third-order valence-corrected chi connectivity index (χ3v) is 3.07. The molecule has 0 fully saturated rings. The van der Waals surface area contributed by atoms with Crippen molar-refractivity contribution in [3.63, 3.8) is 0 Å². The van der Waals surface area contributed by atoms with Gasteiger partial charge in [0.25, 0.3) is 5.91 Å². The third kappa shape index (κ3) is 4.89. The maximum absolute atomic E-state index is 11.6. The van der Waals surface area contributed by atoms with Crippen molar-refractivity contribution in [3.8, 4) is 17.2 Å². The summed E-state index contributed by atoms with van der Waals surface area (Å²) in [7, 11) is 1.41. The van der Waals surface area contributed by atoms with Crippen LogP contribution in [0.25, 0.3) is 0 Å². The van der Waals surface area contributed by atoms with Crippen LogP contribution in [0.2, 0.25) is 5.02 Å². The smallest absolute Gasteiger partial charge is 0.277 e. The van der Waals surface area contributed by atoms with E-state index in [-0.39, 0.29) is 23.1 Å². The van der Waals surface area contributed by atoms with Crippen molar-refractivity contribution in [2.24, 2.45) is 5.10 Å². The summed E-state index contributed by atoms with van der Waals surface area (Å²) in [6.07, 6.45) is 1.38. The number of carbonyl (C=O) groups is 1. The van der Waals surface area contributed by atoms with E-state index in [0.29, 0.717) is 11.3 Å². The van der Waals surface area contributed by atoms with E-state index >= 15 is 0 Å². The zero-order valence-corrected chi connectivity index (χ0v) is 13.1. The van der Waals surface area contributed by atoms with Crippen LogP contribution in [-0.4, -0.2) is 30.9 Å². The van der Waals surface area contributed by atoms with Gasteiger partial charge >= 0.3 is 0 Å². The molecule has 2 rings (SSSR count). The first kappa shape index (κ1) is 16.6. The second-order valence-electron chi connectivity index (χ2n) is 4.45. The van der Waals surface area contributed by atoms with Crippen LogP contribution in [0.5, 0.6) is 17.2 Å². The lowest BCUT2D eigenvalue weighted by atomic mass is 10.2. The first-order valence-electron chi connectivity index (χ1n) is 6.66. The summed E-state index contributed by atoms with van der Waals surface area (Å²) in [5.74, 6) is 0.271. The molecule has 0 radical (unpaired) electrons. The number of amides is 1. The van der Waals surface area contributed by atoms with E-state index in [2.05, 4.69) is 10.5 Å². The molecule has 0 saturated carbocycles. The molecule has 0 aliphatic rings. The van der Waals surface area contributed by atoms with Crippen molar-refractivity contribution >= 4 is 23.7 Å². The Morgan fingerprint density at radius 2 is 2.09 bits per heavy atom. The van der Waals surface area contributed by atoms with Crippen molar-refractivity contribution < 1.29 is 19.4 Å². The standard InChI is InChI=1S/C16H15ClN2O4/c1-22-14-8-11(7-13(17)16(14)21)9-18-19-15(20)10-23-12-5-3-2-4-6-12/h2-9,21H,10H2,1H3,(H,19,20)/b18-9-. The molecule has 0 atom stereocenters. The van der Waals surface area contributed by atoms with Gasteiger partial charge in [0.1, 0.15) is 5.75 Å². The highest BCUT2D eigenvalue weighted by Gasteiger charge is 2.08. The molecule has 0 saturated heterocycles. The van der Waals surface area contributed by atoms with Crippen LogP contribution in [0.15, 0.2) is 47.6 Å². The minimum absolute atomic E-state index is 0.129. The summed E-state index contributed by atoms with van der Waals surface area (Å²) >= 11 is 5.86. The number of para-hydroxylation sites is 1. The Morgan fingerprint density at radius 3 is 2.78 bits per heavy atom. The van der Waals surface area contributed by atoms with Gasteiger partial charge in [-0.2, -0.15) is 5.10 Å². The predicted octanol–water partition coefficient (Wildman–Crippen LogP) is 2.58. The second kappa shape index (κ2) is 8.05. The van der Waals surface area contributed by atoms with Crippen molar-refractivity contribution in [2.75, 3.05) is 13.7 Å². The number of halogens is 1. The van der Waals surface area contributed by atoms with Crippen LogP contribution >= 0.6 is 11.6 Å². The Hall–Kier alpha value is -2.73.